The van der Waals surface area contributed by atoms with Crippen LogP contribution >= 0.6 is 0 Å². The van der Waals surface area contributed by atoms with E-state index in [2.05, 4.69) is 49.9 Å². The molecular formula is C14H21NO. The molecule has 1 saturated heterocycles. The average Bonchev–Trinajstić information content (AvgIpc) is 2.64. The Kier molecular flexibility index (Phi) is 2.94. The van der Waals surface area contributed by atoms with Crippen LogP contribution in [0.4, 0.5) is 5.69 Å². The van der Waals surface area contributed by atoms with Gasteiger partial charge in [0.25, 0.3) is 0 Å². The highest BCUT2D eigenvalue weighted by Gasteiger charge is 2.21. The fourth-order valence-corrected chi connectivity index (χ4v) is 2.15. The van der Waals surface area contributed by atoms with Gasteiger partial charge in [-0.1, -0.05) is 32.9 Å². The number of β-amino-alcohol motifs (C(OH)–C–C–N with tert-alkyl or cyclic N) is 1. The van der Waals surface area contributed by atoms with Crippen molar-refractivity contribution in [1.82, 2.24) is 0 Å². The van der Waals surface area contributed by atoms with E-state index in [4.69, 9.17) is 0 Å². The number of aliphatic hydroxyl groups is 1. The Hall–Kier alpha value is -1.02. The molecule has 2 heteroatoms. The molecule has 1 aromatic rings. The lowest BCUT2D eigenvalue weighted by molar-refractivity contribution is 0.198. The third-order valence-corrected chi connectivity index (χ3v) is 3.24. The van der Waals surface area contributed by atoms with Gasteiger partial charge in [0.15, 0.2) is 0 Å². The Bertz CT molecular complexity index is 367. The SMILES string of the molecule is CC(C)(C)c1cccc(N2CCC(O)C2)c1. The number of nitrogens with zero attached hydrogens (tertiary/aromatic N) is 1. The Labute approximate surface area is 97.9 Å². The summed E-state index contributed by atoms with van der Waals surface area (Å²) < 4.78 is 0. The summed E-state index contributed by atoms with van der Waals surface area (Å²) in [4.78, 5) is 2.26. The van der Waals surface area contributed by atoms with Crippen LogP contribution in [0.5, 0.6) is 0 Å². The summed E-state index contributed by atoms with van der Waals surface area (Å²) in [5, 5.41) is 9.55. The summed E-state index contributed by atoms with van der Waals surface area (Å²) in [5.41, 5.74) is 2.78. The van der Waals surface area contributed by atoms with Crippen molar-refractivity contribution >= 4 is 5.69 Å². The minimum atomic E-state index is -0.154. The molecule has 1 fully saturated rings. The van der Waals surface area contributed by atoms with Crippen molar-refractivity contribution in [3.63, 3.8) is 0 Å². The maximum atomic E-state index is 9.55. The molecular weight excluding hydrogens is 198 g/mol. The van der Waals surface area contributed by atoms with Crippen molar-refractivity contribution in [2.75, 3.05) is 18.0 Å². The quantitative estimate of drug-likeness (QED) is 0.784. The Morgan fingerprint density at radius 2 is 2.06 bits per heavy atom. The summed E-state index contributed by atoms with van der Waals surface area (Å²) in [6, 6.07) is 8.67. The van der Waals surface area contributed by atoms with Gasteiger partial charge in [-0.3, -0.25) is 0 Å². The first-order chi connectivity index (χ1) is 7.47. The minimum absolute atomic E-state index is 0.154. The molecule has 0 spiro atoms. The van der Waals surface area contributed by atoms with Crippen LogP contribution in [0.1, 0.15) is 32.8 Å². The van der Waals surface area contributed by atoms with E-state index in [1.54, 1.807) is 0 Å². The largest absolute Gasteiger partial charge is 0.391 e. The summed E-state index contributed by atoms with van der Waals surface area (Å²) in [6.07, 6.45) is 0.734. The zero-order valence-electron chi connectivity index (χ0n) is 10.4. The summed E-state index contributed by atoms with van der Waals surface area (Å²) >= 11 is 0. The zero-order valence-corrected chi connectivity index (χ0v) is 10.4. The highest BCUT2D eigenvalue weighted by atomic mass is 16.3. The van der Waals surface area contributed by atoms with Crippen LogP contribution in [-0.4, -0.2) is 24.3 Å². The molecule has 16 heavy (non-hydrogen) atoms. The molecule has 0 bridgehead atoms. The van der Waals surface area contributed by atoms with E-state index >= 15 is 0 Å². The van der Waals surface area contributed by atoms with Gasteiger partial charge in [-0.25, -0.2) is 0 Å². The number of benzene rings is 1. The lowest BCUT2D eigenvalue weighted by Crippen LogP contribution is -2.22. The molecule has 1 aliphatic rings. The van der Waals surface area contributed by atoms with Crippen LogP contribution in [-0.2, 0) is 5.41 Å². The van der Waals surface area contributed by atoms with Crippen molar-refractivity contribution < 1.29 is 5.11 Å². The maximum absolute atomic E-state index is 9.55. The second-order valence-corrected chi connectivity index (χ2v) is 5.69. The first kappa shape index (κ1) is 11.5. The predicted octanol–water partition coefficient (Wildman–Crippen LogP) is 2.56. The Morgan fingerprint density at radius 3 is 2.62 bits per heavy atom. The normalized spacial score (nSPS) is 21.5. The molecule has 1 atom stereocenters. The summed E-state index contributed by atoms with van der Waals surface area (Å²) in [5.74, 6) is 0. The molecule has 0 radical (unpaired) electrons. The molecule has 0 aliphatic carbocycles. The second-order valence-electron chi connectivity index (χ2n) is 5.69. The predicted molar refractivity (Wildman–Crippen MR) is 68.0 cm³/mol. The fraction of sp³-hybridized carbons (Fsp3) is 0.571. The summed E-state index contributed by atoms with van der Waals surface area (Å²) in [7, 11) is 0. The first-order valence-corrected chi connectivity index (χ1v) is 6.00. The molecule has 0 aromatic heterocycles. The van der Waals surface area contributed by atoms with E-state index in [0.29, 0.717) is 0 Å². The number of hydrogen-bond donors (Lipinski definition) is 1. The molecule has 1 aliphatic heterocycles. The zero-order chi connectivity index (χ0) is 11.8. The number of rotatable bonds is 1. The van der Waals surface area contributed by atoms with E-state index < -0.39 is 0 Å². The summed E-state index contributed by atoms with van der Waals surface area (Å²) in [6.45, 7) is 8.42. The fourth-order valence-electron chi connectivity index (χ4n) is 2.15. The van der Waals surface area contributed by atoms with Crippen LogP contribution in [0.25, 0.3) is 0 Å². The van der Waals surface area contributed by atoms with Gasteiger partial charge in [0.1, 0.15) is 0 Å². The van der Waals surface area contributed by atoms with Crippen LogP contribution in [0.2, 0.25) is 0 Å². The van der Waals surface area contributed by atoms with Gasteiger partial charge in [-0.2, -0.15) is 0 Å². The minimum Gasteiger partial charge on any atom is -0.391 e. The first-order valence-electron chi connectivity index (χ1n) is 6.00. The van der Waals surface area contributed by atoms with Gasteiger partial charge >= 0.3 is 0 Å². The molecule has 88 valence electrons. The third-order valence-electron chi connectivity index (χ3n) is 3.24. The highest BCUT2D eigenvalue weighted by molar-refractivity contribution is 5.50. The smallest absolute Gasteiger partial charge is 0.0731 e. The number of anilines is 1. The van der Waals surface area contributed by atoms with Crippen molar-refractivity contribution in [2.45, 2.75) is 38.7 Å². The van der Waals surface area contributed by atoms with E-state index in [1.165, 1.54) is 11.3 Å². The van der Waals surface area contributed by atoms with Crippen molar-refractivity contribution in [3.05, 3.63) is 29.8 Å². The van der Waals surface area contributed by atoms with E-state index in [0.717, 1.165) is 19.5 Å². The van der Waals surface area contributed by atoms with Crippen LogP contribution in [0.3, 0.4) is 0 Å². The Balaban J connectivity index is 2.23. The van der Waals surface area contributed by atoms with Crippen molar-refractivity contribution in [3.8, 4) is 0 Å². The molecule has 2 rings (SSSR count). The molecule has 0 saturated carbocycles. The molecule has 1 heterocycles. The monoisotopic (exact) mass is 219 g/mol. The second kappa shape index (κ2) is 4.10. The number of aliphatic hydroxyl groups excluding tert-OH is 1. The van der Waals surface area contributed by atoms with Gasteiger partial charge in [0, 0.05) is 18.8 Å². The van der Waals surface area contributed by atoms with Gasteiger partial charge in [0.2, 0.25) is 0 Å². The molecule has 1 N–H and O–H groups in total. The van der Waals surface area contributed by atoms with E-state index in [-0.39, 0.29) is 11.5 Å². The van der Waals surface area contributed by atoms with Crippen LogP contribution < -0.4 is 4.90 Å². The molecule has 0 amide bonds. The molecule has 1 aromatic carbocycles. The lowest BCUT2D eigenvalue weighted by Gasteiger charge is -2.23. The standard InChI is InChI=1S/C14H21NO/c1-14(2,3)11-5-4-6-12(9-11)15-8-7-13(16)10-15/h4-6,9,13,16H,7-8,10H2,1-3H3. The van der Waals surface area contributed by atoms with Crippen molar-refractivity contribution in [2.24, 2.45) is 0 Å². The van der Waals surface area contributed by atoms with E-state index in [1.807, 2.05) is 0 Å². The third kappa shape index (κ3) is 2.38. The van der Waals surface area contributed by atoms with Gasteiger partial charge in [-0.15, -0.1) is 0 Å². The highest BCUT2D eigenvalue weighted by Crippen LogP contribution is 2.27. The topological polar surface area (TPSA) is 23.5 Å². The van der Waals surface area contributed by atoms with Gasteiger partial charge in [-0.05, 0) is 29.5 Å². The number of hydrogen-bond acceptors (Lipinski definition) is 2. The maximum Gasteiger partial charge on any atom is 0.0731 e. The Morgan fingerprint density at radius 1 is 1.31 bits per heavy atom. The van der Waals surface area contributed by atoms with E-state index in [9.17, 15) is 5.11 Å². The molecule has 2 nitrogen and oxygen atoms in total. The molecule has 1 unspecified atom stereocenters. The van der Waals surface area contributed by atoms with Crippen molar-refractivity contribution in [1.29, 1.82) is 0 Å². The lowest BCUT2D eigenvalue weighted by atomic mass is 9.87. The average molecular weight is 219 g/mol. The van der Waals surface area contributed by atoms with Gasteiger partial charge < -0.3 is 10.0 Å². The van der Waals surface area contributed by atoms with Crippen LogP contribution in [0.15, 0.2) is 24.3 Å². The van der Waals surface area contributed by atoms with Gasteiger partial charge in [0.05, 0.1) is 6.10 Å². The van der Waals surface area contributed by atoms with Crippen LogP contribution in [0, 0.1) is 0 Å².